The lowest BCUT2D eigenvalue weighted by Crippen LogP contribution is -2.53. The average Bonchev–Trinajstić information content (AvgIpc) is 2.40. The van der Waals surface area contributed by atoms with Gasteiger partial charge in [-0.15, -0.1) is 0 Å². The summed E-state index contributed by atoms with van der Waals surface area (Å²) >= 11 is 0. The van der Waals surface area contributed by atoms with Crippen LogP contribution in [0.25, 0.3) is 0 Å². The highest BCUT2D eigenvalue weighted by Gasteiger charge is 2.22. The van der Waals surface area contributed by atoms with E-state index in [0.29, 0.717) is 13.1 Å². The van der Waals surface area contributed by atoms with E-state index < -0.39 is 0 Å². The van der Waals surface area contributed by atoms with E-state index in [1.165, 1.54) is 5.56 Å². The summed E-state index contributed by atoms with van der Waals surface area (Å²) in [6.45, 7) is 2.19. The topological polar surface area (TPSA) is 56.1 Å². The molecule has 1 aliphatic rings. The lowest BCUT2D eigenvalue weighted by Gasteiger charge is -2.33. The number of nitrogens with one attached hydrogen (secondary N) is 1. The molecule has 2 rings (SSSR count). The molecule has 1 saturated heterocycles. The summed E-state index contributed by atoms with van der Waals surface area (Å²) in [4.78, 5) is 13.5. The SMILES string of the molecule is N#CCC(=O)N1CCNC(Cc2ccccc2)C1. The Morgan fingerprint density at radius 2 is 2.22 bits per heavy atom. The molecule has 1 atom stereocenters. The standard InChI is InChI=1S/C14H17N3O/c15-7-6-14(18)17-9-8-16-13(11-17)10-12-4-2-1-3-5-12/h1-5,13,16H,6,8-11H2. The van der Waals surface area contributed by atoms with E-state index in [4.69, 9.17) is 5.26 Å². The fourth-order valence-corrected chi connectivity index (χ4v) is 2.27. The van der Waals surface area contributed by atoms with Crippen LogP contribution in [-0.2, 0) is 11.2 Å². The molecule has 1 aromatic rings. The van der Waals surface area contributed by atoms with Crippen LogP contribution < -0.4 is 5.32 Å². The van der Waals surface area contributed by atoms with Gasteiger partial charge in [-0.3, -0.25) is 4.79 Å². The Bertz CT molecular complexity index is 438. The molecule has 0 aromatic heterocycles. The van der Waals surface area contributed by atoms with Crippen molar-refractivity contribution >= 4 is 5.91 Å². The van der Waals surface area contributed by atoms with Gasteiger partial charge in [-0.25, -0.2) is 0 Å². The maximum atomic E-state index is 11.7. The smallest absolute Gasteiger partial charge is 0.236 e. The first-order chi connectivity index (χ1) is 8.79. The van der Waals surface area contributed by atoms with Crippen molar-refractivity contribution in [3.63, 3.8) is 0 Å². The molecule has 18 heavy (non-hydrogen) atoms. The van der Waals surface area contributed by atoms with Crippen LogP contribution >= 0.6 is 0 Å². The number of hydrogen-bond acceptors (Lipinski definition) is 3. The molecule has 4 heteroatoms. The number of nitriles is 1. The summed E-state index contributed by atoms with van der Waals surface area (Å²) in [5, 5.41) is 12.0. The number of nitrogens with zero attached hydrogens (tertiary/aromatic N) is 2. The molecule has 0 aliphatic carbocycles. The Morgan fingerprint density at radius 3 is 2.94 bits per heavy atom. The van der Waals surface area contributed by atoms with E-state index in [9.17, 15) is 4.79 Å². The second-order valence-corrected chi connectivity index (χ2v) is 4.52. The third kappa shape index (κ3) is 3.31. The van der Waals surface area contributed by atoms with Gasteiger partial charge < -0.3 is 10.2 Å². The molecule has 1 heterocycles. The van der Waals surface area contributed by atoms with Crippen molar-refractivity contribution in [2.24, 2.45) is 0 Å². The zero-order valence-electron chi connectivity index (χ0n) is 10.3. The number of amides is 1. The van der Waals surface area contributed by atoms with Gasteiger partial charge in [-0.2, -0.15) is 5.26 Å². The van der Waals surface area contributed by atoms with Gasteiger partial charge in [0.05, 0.1) is 6.07 Å². The maximum Gasteiger partial charge on any atom is 0.236 e. The van der Waals surface area contributed by atoms with Crippen molar-refractivity contribution in [3.8, 4) is 6.07 Å². The van der Waals surface area contributed by atoms with E-state index in [0.717, 1.165) is 13.0 Å². The van der Waals surface area contributed by atoms with Crippen molar-refractivity contribution in [2.45, 2.75) is 18.9 Å². The molecule has 0 spiro atoms. The number of benzene rings is 1. The first-order valence-corrected chi connectivity index (χ1v) is 6.21. The lowest BCUT2D eigenvalue weighted by atomic mass is 10.0. The molecular weight excluding hydrogens is 226 g/mol. The Kier molecular flexibility index (Phi) is 4.32. The summed E-state index contributed by atoms with van der Waals surface area (Å²) in [6.07, 6.45) is 0.898. The Morgan fingerprint density at radius 1 is 1.44 bits per heavy atom. The first kappa shape index (κ1) is 12.6. The Balaban J connectivity index is 1.91. The molecule has 0 saturated carbocycles. The fraction of sp³-hybridized carbons (Fsp3) is 0.429. The van der Waals surface area contributed by atoms with Crippen molar-refractivity contribution in [1.29, 1.82) is 5.26 Å². The van der Waals surface area contributed by atoms with Crippen LogP contribution in [0.5, 0.6) is 0 Å². The summed E-state index contributed by atoms with van der Waals surface area (Å²) in [5.74, 6) is -0.0583. The Labute approximate surface area is 107 Å². The molecule has 1 amide bonds. The van der Waals surface area contributed by atoms with Crippen LogP contribution in [-0.4, -0.2) is 36.5 Å². The van der Waals surface area contributed by atoms with Gasteiger partial charge in [0.2, 0.25) is 5.91 Å². The average molecular weight is 243 g/mol. The summed E-state index contributed by atoms with van der Waals surface area (Å²) in [6, 6.07) is 12.4. The summed E-state index contributed by atoms with van der Waals surface area (Å²) < 4.78 is 0. The van der Waals surface area contributed by atoms with Gasteiger partial charge in [-0.1, -0.05) is 30.3 Å². The minimum atomic E-state index is -0.0583. The predicted octanol–water partition coefficient (Wildman–Crippen LogP) is 0.943. The molecule has 0 radical (unpaired) electrons. The van der Waals surface area contributed by atoms with Crippen molar-refractivity contribution in [3.05, 3.63) is 35.9 Å². The maximum absolute atomic E-state index is 11.7. The third-order valence-electron chi connectivity index (χ3n) is 3.16. The number of hydrogen-bond donors (Lipinski definition) is 1. The van der Waals surface area contributed by atoms with Crippen LogP contribution in [0, 0.1) is 11.3 Å². The normalized spacial score (nSPS) is 19.3. The minimum Gasteiger partial charge on any atom is -0.339 e. The van der Waals surface area contributed by atoms with Crippen molar-refractivity contribution in [1.82, 2.24) is 10.2 Å². The zero-order chi connectivity index (χ0) is 12.8. The number of piperazine rings is 1. The molecule has 1 fully saturated rings. The number of rotatable bonds is 3. The zero-order valence-corrected chi connectivity index (χ0v) is 10.3. The lowest BCUT2D eigenvalue weighted by molar-refractivity contribution is -0.131. The number of carbonyl (C=O) groups is 1. The fourth-order valence-electron chi connectivity index (χ4n) is 2.27. The summed E-state index contributed by atoms with van der Waals surface area (Å²) in [5.41, 5.74) is 1.27. The number of carbonyl (C=O) groups excluding carboxylic acids is 1. The van der Waals surface area contributed by atoms with E-state index in [1.807, 2.05) is 24.3 Å². The van der Waals surface area contributed by atoms with Crippen LogP contribution in [0.4, 0.5) is 0 Å². The molecule has 0 bridgehead atoms. The van der Waals surface area contributed by atoms with E-state index >= 15 is 0 Å². The molecule has 94 valence electrons. The van der Waals surface area contributed by atoms with Gasteiger partial charge in [0.1, 0.15) is 6.42 Å². The highest BCUT2D eigenvalue weighted by atomic mass is 16.2. The second-order valence-electron chi connectivity index (χ2n) is 4.52. The van der Waals surface area contributed by atoms with Gasteiger partial charge >= 0.3 is 0 Å². The van der Waals surface area contributed by atoms with Gasteiger partial charge in [-0.05, 0) is 12.0 Å². The van der Waals surface area contributed by atoms with Crippen LogP contribution in [0.2, 0.25) is 0 Å². The molecule has 1 aliphatic heterocycles. The largest absolute Gasteiger partial charge is 0.339 e. The van der Waals surface area contributed by atoms with E-state index in [2.05, 4.69) is 17.4 Å². The highest BCUT2D eigenvalue weighted by molar-refractivity contribution is 5.78. The third-order valence-corrected chi connectivity index (χ3v) is 3.16. The van der Waals surface area contributed by atoms with Crippen LogP contribution in [0.15, 0.2) is 30.3 Å². The van der Waals surface area contributed by atoms with E-state index in [1.54, 1.807) is 4.90 Å². The monoisotopic (exact) mass is 243 g/mol. The molecule has 4 nitrogen and oxygen atoms in total. The minimum absolute atomic E-state index is 0.0158. The molecular formula is C14H17N3O. The molecule has 1 aromatic carbocycles. The van der Waals surface area contributed by atoms with Crippen LogP contribution in [0.1, 0.15) is 12.0 Å². The van der Waals surface area contributed by atoms with Crippen molar-refractivity contribution in [2.75, 3.05) is 19.6 Å². The molecule has 1 unspecified atom stereocenters. The first-order valence-electron chi connectivity index (χ1n) is 6.21. The van der Waals surface area contributed by atoms with Crippen molar-refractivity contribution < 1.29 is 4.79 Å². The van der Waals surface area contributed by atoms with Crippen LogP contribution in [0.3, 0.4) is 0 Å². The highest BCUT2D eigenvalue weighted by Crippen LogP contribution is 2.08. The van der Waals surface area contributed by atoms with Gasteiger partial charge in [0.25, 0.3) is 0 Å². The quantitative estimate of drug-likeness (QED) is 0.859. The van der Waals surface area contributed by atoms with Gasteiger partial charge in [0.15, 0.2) is 0 Å². The second kappa shape index (κ2) is 6.18. The summed E-state index contributed by atoms with van der Waals surface area (Å²) in [7, 11) is 0. The van der Waals surface area contributed by atoms with E-state index in [-0.39, 0.29) is 18.4 Å². The predicted molar refractivity (Wildman–Crippen MR) is 68.7 cm³/mol. The van der Waals surface area contributed by atoms with Gasteiger partial charge in [0, 0.05) is 25.7 Å². The Hall–Kier alpha value is -1.86. The molecule has 1 N–H and O–H groups in total.